The van der Waals surface area contributed by atoms with E-state index >= 15 is 0 Å². The molecule has 0 atom stereocenters. The van der Waals surface area contributed by atoms with Crippen molar-refractivity contribution in [3.05, 3.63) is 72.6 Å². The van der Waals surface area contributed by atoms with E-state index in [1.165, 1.54) is 0 Å². The number of carbonyl (C=O) groups excluding carboxylic acids is 1. The van der Waals surface area contributed by atoms with Gasteiger partial charge in [0.15, 0.2) is 0 Å². The molecule has 114 valence electrons. The Hall–Kier alpha value is -3.21. The summed E-state index contributed by atoms with van der Waals surface area (Å²) in [4.78, 5) is 21.0. The molecule has 1 aromatic carbocycles. The van der Waals surface area contributed by atoms with Crippen molar-refractivity contribution in [1.29, 1.82) is 0 Å². The number of hydrogen-bond acceptors (Lipinski definition) is 4. The second-order valence-electron chi connectivity index (χ2n) is 4.80. The van der Waals surface area contributed by atoms with Crippen LogP contribution in [0, 0.1) is 0 Å². The lowest BCUT2D eigenvalue weighted by molar-refractivity contribution is 0.102. The molecule has 0 aliphatic carbocycles. The van der Waals surface area contributed by atoms with Crippen LogP contribution in [-0.4, -0.2) is 23.0 Å². The molecule has 3 aromatic rings. The van der Waals surface area contributed by atoms with E-state index in [9.17, 15) is 4.79 Å². The number of nitrogens with zero attached hydrogens (tertiary/aromatic N) is 2. The van der Waals surface area contributed by atoms with Crippen LogP contribution in [0.1, 0.15) is 10.4 Å². The van der Waals surface area contributed by atoms with E-state index in [4.69, 9.17) is 4.74 Å². The summed E-state index contributed by atoms with van der Waals surface area (Å²) in [6.45, 7) is 0. The van der Waals surface area contributed by atoms with Gasteiger partial charge in [-0.05, 0) is 36.4 Å². The highest BCUT2D eigenvalue weighted by Gasteiger charge is 2.11. The number of methoxy groups -OCH3 is 1. The maximum absolute atomic E-state index is 12.5. The third kappa shape index (κ3) is 3.35. The largest absolute Gasteiger partial charge is 0.495 e. The van der Waals surface area contributed by atoms with Crippen molar-refractivity contribution in [1.82, 2.24) is 9.97 Å². The van der Waals surface area contributed by atoms with Gasteiger partial charge in [0.1, 0.15) is 5.75 Å². The average molecular weight is 305 g/mol. The Balaban J connectivity index is 1.86. The van der Waals surface area contributed by atoms with E-state index in [-0.39, 0.29) is 5.91 Å². The quantitative estimate of drug-likeness (QED) is 0.802. The number of amides is 1. The van der Waals surface area contributed by atoms with Gasteiger partial charge in [0.05, 0.1) is 24.2 Å². The molecule has 1 N–H and O–H groups in total. The fraction of sp³-hybridized carbons (Fsp3) is 0.0556. The van der Waals surface area contributed by atoms with Gasteiger partial charge in [0, 0.05) is 18.0 Å². The minimum absolute atomic E-state index is 0.228. The first-order valence-corrected chi connectivity index (χ1v) is 7.10. The Morgan fingerprint density at radius 3 is 2.52 bits per heavy atom. The molecular formula is C18H15N3O2. The summed E-state index contributed by atoms with van der Waals surface area (Å²) >= 11 is 0. The van der Waals surface area contributed by atoms with Crippen molar-refractivity contribution in [3.63, 3.8) is 0 Å². The normalized spacial score (nSPS) is 10.1. The molecule has 0 aliphatic rings. The van der Waals surface area contributed by atoms with Gasteiger partial charge in [0.2, 0.25) is 0 Å². The molecule has 0 spiro atoms. The summed E-state index contributed by atoms with van der Waals surface area (Å²) in [5, 5.41) is 2.84. The Morgan fingerprint density at radius 1 is 0.957 bits per heavy atom. The predicted molar refractivity (Wildman–Crippen MR) is 88.4 cm³/mol. The summed E-state index contributed by atoms with van der Waals surface area (Å²) in [7, 11) is 1.57. The molecule has 1 amide bonds. The summed E-state index contributed by atoms with van der Waals surface area (Å²) in [5.41, 5.74) is 2.50. The molecule has 0 saturated carbocycles. The number of aromatic nitrogens is 2. The Bertz CT molecular complexity index is 819. The van der Waals surface area contributed by atoms with Gasteiger partial charge in [-0.2, -0.15) is 0 Å². The average Bonchev–Trinajstić information content (AvgIpc) is 2.63. The lowest BCUT2D eigenvalue weighted by Gasteiger charge is -2.10. The fourth-order valence-electron chi connectivity index (χ4n) is 2.17. The Kier molecular flexibility index (Phi) is 4.29. The van der Waals surface area contributed by atoms with Gasteiger partial charge in [-0.3, -0.25) is 14.8 Å². The van der Waals surface area contributed by atoms with Crippen LogP contribution in [-0.2, 0) is 0 Å². The zero-order chi connectivity index (χ0) is 16.1. The first-order valence-electron chi connectivity index (χ1n) is 7.10. The van der Waals surface area contributed by atoms with Crippen molar-refractivity contribution in [3.8, 4) is 17.1 Å². The number of hydrogen-bond donors (Lipinski definition) is 1. The molecule has 0 radical (unpaired) electrons. The highest BCUT2D eigenvalue weighted by Crippen LogP contribution is 2.24. The third-order valence-corrected chi connectivity index (χ3v) is 3.30. The van der Waals surface area contributed by atoms with Gasteiger partial charge in [-0.1, -0.05) is 18.2 Å². The second-order valence-corrected chi connectivity index (χ2v) is 4.80. The molecule has 0 bridgehead atoms. The Labute approximate surface area is 134 Å². The molecule has 5 heteroatoms. The van der Waals surface area contributed by atoms with Crippen LogP contribution in [0.4, 0.5) is 5.69 Å². The van der Waals surface area contributed by atoms with Crippen molar-refractivity contribution in [2.75, 3.05) is 12.4 Å². The molecule has 0 aliphatic heterocycles. The summed E-state index contributed by atoms with van der Waals surface area (Å²) < 4.78 is 5.24. The van der Waals surface area contributed by atoms with Crippen LogP contribution in [0.5, 0.6) is 5.75 Å². The van der Waals surface area contributed by atoms with Crippen LogP contribution in [0.2, 0.25) is 0 Å². The minimum Gasteiger partial charge on any atom is -0.495 e. The molecular weight excluding hydrogens is 290 g/mol. The number of benzene rings is 1. The summed E-state index contributed by atoms with van der Waals surface area (Å²) in [5.74, 6) is 0.383. The molecule has 3 rings (SSSR count). The van der Waals surface area contributed by atoms with Gasteiger partial charge < -0.3 is 10.1 Å². The van der Waals surface area contributed by atoms with E-state index in [0.29, 0.717) is 22.7 Å². The zero-order valence-electron chi connectivity index (χ0n) is 12.6. The zero-order valence-corrected chi connectivity index (χ0v) is 12.6. The molecule has 0 fully saturated rings. The topological polar surface area (TPSA) is 64.1 Å². The summed E-state index contributed by atoms with van der Waals surface area (Å²) in [6, 6.07) is 16.2. The first-order chi connectivity index (χ1) is 11.3. The van der Waals surface area contributed by atoms with E-state index in [2.05, 4.69) is 15.3 Å². The standard InChI is InChI=1S/C18H15N3O2/c1-23-17-8-3-2-7-15(17)21-18(22)13-9-11-20-16(12-13)14-6-4-5-10-19-14/h2-12H,1H3,(H,21,22). The molecule has 5 nitrogen and oxygen atoms in total. The molecule has 0 saturated heterocycles. The fourth-order valence-corrected chi connectivity index (χ4v) is 2.17. The number of nitrogens with one attached hydrogen (secondary N) is 1. The van der Waals surface area contributed by atoms with Crippen molar-refractivity contribution in [2.45, 2.75) is 0 Å². The van der Waals surface area contributed by atoms with E-state index in [0.717, 1.165) is 5.69 Å². The number of ether oxygens (including phenoxy) is 1. The highest BCUT2D eigenvalue weighted by atomic mass is 16.5. The minimum atomic E-state index is -0.228. The van der Waals surface area contributed by atoms with Gasteiger partial charge >= 0.3 is 0 Å². The van der Waals surface area contributed by atoms with Gasteiger partial charge in [-0.25, -0.2) is 0 Å². The monoisotopic (exact) mass is 305 g/mol. The number of carbonyl (C=O) groups is 1. The van der Waals surface area contributed by atoms with Crippen molar-refractivity contribution in [2.24, 2.45) is 0 Å². The van der Waals surface area contributed by atoms with E-state index in [1.807, 2.05) is 30.3 Å². The van der Waals surface area contributed by atoms with Crippen molar-refractivity contribution < 1.29 is 9.53 Å². The maximum atomic E-state index is 12.5. The van der Waals surface area contributed by atoms with Crippen LogP contribution in [0.15, 0.2) is 67.0 Å². The number of para-hydroxylation sites is 2. The molecule has 23 heavy (non-hydrogen) atoms. The number of anilines is 1. The van der Waals surface area contributed by atoms with E-state index < -0.39 is 0 Å². The van der Waals surface area contributed by atoms with Gasteiger partial charge in [-0.15, -0.1) is 0 Å². The third-order valence-electron chi connectivity index (χ3n) is 3.30. The molecule has 0 unspecified atom stereocenters. The van der Waals surface area contributed by atoms with Crippen LogP contribution >= 0.6 is 0 Å². The predicted octanol–water partition coefficient (Wildman–Crippen LogP) is 3.40. The van der Waals surface area contributed by atoms with Crippen LogP contribution in [0.25, 0.3) is 11.4 Å². The highest BCUT2D eigenvalue weighted by molar-refractivity contribution is 6.05. The van der Waals surface area contributed by atoms with E-state index in [1.54, 1.807) is 43.8 Å². The lowest BCUT2D eigenvalue weighted by Crippen LogP contribution is -2.13. The Morgan fingerprint density at radius 2 is 1.74 bits per heavy atom. The maximum Gasteiger partial charge on any atom is 0.255 e. The van der Waals surface area contributed by atoms with Crippen molar-refractivity contribution >= 4 is 11.6 Å². The smallest absolute Gasteiger partial charge is 0.255 e. The SMILES string of the molecule is COc1ccccc1NC(=O)c1ccnc(-c2ccccn2)c1. The van der Waals surface area contributed by atoms with Crippen LogP contribution in [0.3, 0.4) is 0 Å². The first kappa shape index (κ1) is 14.7. The molecule has 2 aromatic heterocycles. The number of pyridine rings is 2. The molecule has 2 heterocycles. The second kappa shape index (κ2) is 6.70. The van der Waals surface area contributed by atoms with Gasteiger partial charge in [0.25, 0.3) is 5.91 Å². The van der Waals surface area contributed by atoms with Crippen LogP contribution < -0.4 is 10.1 Å². The number of rotatable bonds is 4. The summed E-state index contributed by atoms with van der Waals surface area (Å²) in [6.07, 6.45) is 3.29. The lowest BCUT2D eigenvalue weighted by atomic mass is 10.1.